The maximum atomic E-state index is 4.66. The molecule has 2 heterocycles. The number of fused-ring (bicyclic) bond motifs is 1. The van der Waals surface area contributed by atoms with Crippen molar-refractivity contribution in [3.63, 3.8) is 0 Å². The van der Waals surface area contributed by atoms with Gasteiger partial charge in [-0.15, -0.1) is 0 Å². The summed E-state index contributed by atoms with van der Waals surface area (Å²) in [6.45, 7) is 6.45. The van der Waals surface area contributed by atoms with E-state index in [1.165, 1.54) is 0 Å². The van der Waals surface area contributed by atoms with Crippen LogP contribution in [0, 0.1) is 0 Å². The van der Waals surface area contributed by atoms with E-state index in [4.69, 9.17) is 0 Å². The van der Waals surface area contributed by atoms with E-state index >= 15 is 0 Å². The molecule has 90 valence electrons. The lowest BCUT2D eigenvalue weighted by Gasteiger charge is -2.37. The van der Waals surface area contributed by atoms with Crippen LogP contribution in [0.2, 0.25) is 0 Å². The minimum Gasteiger partial charge on any atom is -0.337 e. The number of H-pyrrole nitrogens is 1. The molecule has 0 amide bonds. The second-order valence-electron chi connectivity index (χ2n) is 4.89. The summed E-state index contributed by atoms with van der Waals surface area (Å²) in [5.41, 5.74) is 2.15. The number of benzene rings is 1. The third-order valence-corrected chi connectivity index (χ3v) is 3.41. The fraction of sp³-hybridized carbons (Fsp3) is 0.462. The van der Waals surface area contributed by atoms with E-state index in [0.717, 1.165) is 30.1 Å². The molecule has 17 heavy (non-hydrogen) atoms. The van der Waals surface area contributed by atoms with Crippen LogP contribution in [0.1, 0.15) is 13.8 Å². The SMILES string of the molecule is C[C@@H]1CN(c2nc3ccccc3[nH]2)[C@@H](C)CN1. The normalized spacial score (nSPS) is 25.4. The number of rotatable bonds is 1. The van der Waals surface area contributed by atoms with Gasteiger partial charge in [0.1, 0.15) is 0 Å². The van der Waals surface area contributed by atoms with Crippen LogP contribution in [-0.2, 0) is 0 Å². The standard InChI is InChI=1S/C13H18N4/c1-9-8-17(10(2)7-14-9)13-15-11-5-3-4-6-12(11)16-13/h3-6,9-10,14H,7-8H2,1-2H3,(H,15,16)/t9-,10+/m1/s1. The van der Waals surface area contributed by atoms with Gasteiger partial charge in [-0.25, -0.2) is 4.98 Å². The molecule has 2 aromatic rings. The van der Waals surface area contributed by atoms with Crippen LogP contribution < -0.4 is 10.2 Å². The fourth-order valence-electron chi connectivity index (χ4n) is 2.39. The van der Waals surface area contributed by atoms with Gasteiger partial charge in [-0.05, 0) is 26.0 Å². The van der Waals surface area contributed by atoms with E-state index in [2.05, 4.69) is 40.1 Å². The van der Waals surface area contributed by atoms with Gasteiger partial charge in [-0.2, -0.15) is 0 Å². The maximum Gasteiger partial charge on any atom is 0.204 e. The first-order valence-electron chi connectivity index (χ1n) is 6.19. The Kier molecular flexibility index (Phi) is 2.52. The summed E-state index contributed by atoms with van der Waals surface area (Å²) in [5.74, 6) is 0.993. The van der Waals surface area contributed by atoms with Crippen molar-refractivity contribution in [1.82, 2.24) is 15.3 Å². The van der Waals surface area contributed by atoms with Crippen molar-refractivity contribution in [1.29, 1.82) is 0 Å². The number of anilines is 1. The molecule has 1 aromatic heterocycles. The number of aromatic amines is 1. The molecular weight excluding hydrogens is 212 g/mol. The zero-order valence-electron chi connectivity index (χ0n) is 10.3. The molecule has 1 aliphatic heterocycles. The third-order valence-electron chi connectivity index (χ3n) is 3.41. The van der Waals surface area contributed by atoms with Crippen molar-refractivity contribution < 1.29 is 0 Å². The monoisotopic (exact) mass is 230 g/mol. The van der Waals surface area contributed by atoms with Gasteiger partial charge in [0, 0.05) is 25.2 Å². The Hall–Kier alpha value is -1.55. The van der Waals surface area contributed by atoms with E-state index < -0.39 is 0 Å². The molecule has 1 saturated heterocycles. The molecule has 2 N–H and O–H groups in total. The number of hydrogen-bond acceptors (Lipinski definition) is 3. The molecule has 0 radical (unpaired) electrons. The molecule has 1 fully saturated rings. The van der Waals surface area contributed by atoms with Crippen molar-refractivity contribution in [2.45, 2.75) is 25.9 Å². The molecule has 0 spiro atoms. The zero-order chi connectivity index (χ0) is 11.8. The van der Waals surface area contributed by atoms with Crippen LogP contribution in [0.5, 0.6) is 0 Å². The number of imidazole rings is 1. The summed E-state index contributed by atoms with van der Waals surface area (Å²) in [4.78, 5) is 10.4. The first-order chi connectivity index (χ1) is 8.24. The Balaban J connectivity index is 1.96. The van der Waals surface area contributed by atoms with Crippen LogP contribution >= 0.6 is 0 Å². The molecule has 4 nitrogen and oxygen atoms in total. The molecule has 1 aliphatic rings. The Morgan fingerprint density at radius 1 is 1.29 bits per heavy atom. The number of aromatic nitrogens is 2. The molecule has 3 rings (SSSR count). The maximum absolute atomic E-state index is 4.66. The van der Waals surface area contributed by atoms with Crippen LogP contribution in [0.4, 0.5) is 5.95 Å². The number of piperazine rings is 1. The molecule has 1 aromatic carbocycles. The summed E-state index contributed by atoms with van der Waals surface area (Å²) in [6.07, 6.45) is 0. The largest absolute Gasteiger partial charge is 0.337 e. The van der Waals surface area contributed by atoms with Crippen molar-refractivity contribution >= 4 is 17.0 Å². The molecular formula is C13H18N4. The number of para-hydroxylation sites is 2. The summed E-state index contributed by atoms with van der Waals surface area (Å²) in [6, 6.07) is 9.17. The highest BCUT2D eigenvalue weighted by Crippen LogP contribution is 2.20. The third kappa shape index (κ3) is 1.89. The minimum absolute atomic E-state index is 0.478. The lowest BCUT2D eigenvalue weighted by molar-refractivity contribution is 0.421. The quantitative estimate of drug-likeness (QED) is 0.784. The first kappa shape index (κ1) is 10.6. The summed E-state index contributed by atoms with van der Waals surface area (Å²) in [5, 5.41) is 3.48. The molecule has 0 bridgehead atoms. The lowest BCUT2D eigenvalue weighted by Crippen LogP contribution is -2.54. The molecule has 0 unspecified atom stereocenters. The van der Waals surface area contributed by atoms with Gasteiger partial charge in [0.2, 0.25) is 5.95 Å². The van der Waals surface area contributed by atoms with Gasteiger partial charge in [-0.1, -0.05) is 12.1 Å². The van der Waals surface area contributed by atoms with Crippen LogP contribution in [0.3, 0.4) is 0 Å². The Morgan fingerprint density at radius 3 is 2.94 bits per heavy atom. The van der Waals surface area contributed by atoms with E-state index in [0.29, 0.717) is 12.1 Å². The lowest BCUT2D eigenvalue weighted by atomic mass is 10.1. The molecule has 0 aliphatic carbocycles. The first-order valence-corrected chi connectivity index (χ1v) is 6.19. The number of hydrogen-bond donors (Lipinski definition) is 2. The van der Waals surface area contributed by atoms with E-state index in [-0.39, 0.29) is 0 Å². The Bertz CT molecular complexity index is 486. The van der Waals surface area contributed by atoms with Gasteiger partial charge in [0.05, 0.1) is 11.0 Å². The van der Waals surface area contributed by atoms with Gasteiger partial charge in [0.25, 0.3) is 0 Å². The van der Waals surface area contributed by atoms with Gasteiger partial charge in [-0.3, -0.25) is 0 Å². The average molecular weight is 230 g/mol. The minimum atomic E-state index is 0.478. The summed E-state index contributed by atoms with van der Waals surface area (Å²) >= 11 is 0. The van der Waals surface area contributed by atoms with Crippen LogP contribution in [-0.4, -0.2) is 35.1 Å². The second-order valence-corrected chi connectivity index (χ2v) is 4.89. The van der Waals surface area contributed by atoms with E-state index in [1.807, 2.05) is 18.2 Å². The average Bonchev–Trinajstić information content (AvgIpc) is 2.75. The molecule has 4 heteroatoms. The topological polar surface area (TPSA) is 44.0 Å². The van der Waals surface area contributed by atoms with E-state index in [9.17, 15) is 0 Å². The van der Waals surface area contributed by atoms with Gasteiger partial charge >= 0.3 is 0 Å². The van der Waals surface area contributed by atoms with Crippen molar-refractivity contribution in [2.24, 2.45) is 0 Å². The Morgan fingerprint density at radius 2 is 2.12 bits per heavy atom. The van der Waals surface area contributed by atoms with Crippen LogP contribution in [0.25, 0.3) is 11.0 Å². The van der Waals surface area contributed by atoms with Crippen molar-refractivity contribution in [2.75, 3.05) is 18.0 Å². The van der Waals surface area contributed by atoms with E-state index in [1.54, 1.807) is 0 Å². The second kappa shape index (κ2) is 4.04. The van der Waals surface area contributed by atoms with Gasteiger partial charge in [0.15, 0.2) is 0 Å². The predicted octanol–water partition coefficient (Wildman–Crippen LogP) is 1.75. The van der Waals surface area contributed by atoms with Crippen molar-refractivity contribution in [3.05, 3.63) is 24.3 Å². The van der Waals surface area contributed by atoms with Crippen LogP contribution in [0.15, 0.2) is 24.3 Å². The highest BCUT2D eigenvalue weighted by Gasteiger charge is 2.24. The highest BCUT2D eigenvalue weighted by atomic mass is 15.3. The predicted molar refractivity (Wildman–Crippen MR) is 70.4 cm³/mol. The number of nitrogens with zero attached hydrogens (tertiary/aromatic N) is 2. The zero-order valence-corrected chi connectivity index (χ0v) is 10.3. The number of nitrogens with one attached hydrogen (secondary N) is 2. The van der Waals surface area contributed by atoms with Crippen molar-refractivity contribution in [3.8, 4) is 0 Å². The Labute approximate surface area is 101 Å². The smallest absolute Gasteiger partial charge is 0.204 e. The summed E-state index contributed by atoms with van der Waals surface area (Å²) in [7, 11) is 0. The molecule has 0 saturated carbocycles. The molecule has 2 atom stereocenters. The van der Waals surface area contributed by atoms with Gasteiger partial charge < -0.3 is 15.2 Å². The summed E-state index contributed by atoms with van der Waals surface area (Å²) < 4.78 is 0. The highest BCUT2D eigenvalue weighted by molar-refractivity contribution is 5.77. The fourth-order valence-corrected chi connectivity index (χ4v) is 2.39.